The van der Waals surface area contributed by atoms with E-state index in [1.807, 2.05) is 12.1 Å². The van der Waals surface area contributed by atoms with Gasteiger partial charge in [0.25, 0.3) is 0 Å². The Morgan fingerprint density at radius 3 is 1.85 bits per heavy atom. The van der Waals surface area contributed by atoms with Crippen LogP contribution in [0.15, 0.2) is 225 Å². The van der Waals surface area contributed by atoms with Gasteiger partial charge in [-0.15, -0.1) is 0 Å². The van der Waals surface area contributed by atoms with Crippen LogP contribution < -0.4 is 0 Å². The zero-order chi connectivity index (χ0) is 43.5. The molecule has 14 rings (SSSR count). The van der Waals surface area contributed by atoms with Gasteiger partial charge >= 0.3 is 0 Å². The standard InChI is InChI=1S/C60H38N4O2/c1-63-59(38-28-26-37(27-29-38)36-14-3-2-4-15-36)61-58(46-23-13-22-45-44-21-10-12-25-54(44)66-57(45)46)62-60(63)50-35-56-49(48-31-40-17-6-8-19-42(40)33-55(48)65-56)34-53(50)64-51-24-11-9-20-43(51)47-30-39-16-5-7-18-41(39)32-52(47)64/h2-35,59H,1H3. The lowest BCUT2D eigenvalue weighted by atomic mass is 10.0. The third kappa shape index (κ3) is 5.55. The van der Waals surface area contributed by atoms with E-state index in [-0.39, 0.29) is 0 Å². The van der Waals surface area contributed by atoms with Gasteiger partial charge < -0.3 is 18.3 Å². The molecule has 13 aromatic rings. The number of hydrogen-bond donors (Lipinski definition) is 0. The summed E-state index contributed by atoms with van der Waals surface area (Å²) in [7, 11) is 2.11. The largest absolute Gasteiger partial charge is 0.456 e. The smallest absolute Gasteiger partial charge is 0.163 e. The Bertz CT molecular complexity index is 4190. The maximum atomic E-state index is 6.87. The van der Waals surface area contributed by atoms with Crippen molar-refractivity contribution in [3.8, 4) is 16.8 Å². The number of hydrogen-bond acceptors (Lipinski definition) is 5. The number of fused-ring (bicyclic) bond motifs is 11. The summed E-state index contributed by atoms with van der Waals surface area (Å²) in [5, 5.41) is 11.2. The van der Waals surface area contributed by atoms with Gasteiger partial charge in [-0.3, -0.25) is 0 Å². The van der Waals surface area contributed by atoms with Gasteiger partial charge in [0.2, 0.25) is 0 Å². The summed E-state index contributed by atoms with van der Waals surface area (Å²) >= 11 is 0. The normalized spacial score (nSPS) is 14.4. The summed E-state index contributed by atoms with van der Waals surface area (Å²) in [6, 6.07) is 73.2. The monoisotopic (exact) mass is 846 g/mol. The van der Waals surface area contributed by atoms with E-state index in [9.17, 15) is 0 Å². The van der Waals surface area contributed by atoms with Crippen LogP contribution in [0.2, 0.25) is 0 Å². The van der Waals surface area contributed by atoms with Crippen LogP contribution >= 0.6 is 0 Å². The van der Waals surface area contributed by atoms with Crippen LogP contribution in [-0.2, 0) is 0 Å². The number of aliphatic imine (C=N–C) groups is 2. The minimum absolute atomic E-state index is 0.427. The van der Waals surface area contributed by atoms with Gasteiger partial charge in [0.15, 0.2) is 5.84 Å². The van der Waals surface area contributed by atoms with Crippen LogP contribution in [0.4, 0.5) is 0 Å². The first kappa shape index (κ1) is 36.7. The lowest BCUT2D eigenvalue weighted by Gasteiger charge is -2.33. The first-order chi connectivity index (χ1) is 32.6. The second kappa shape index (κ2) is 14.1. The molecule has 3 aromatic heterocycles. The maximum absolute atomic E-state index is 6.87. The molecule has 6 heteroatoms. The zero-order valence-electron chi connectivity index (χ0n) is 35.8. The van der Waals surface area contributed by atoms with Crippen LogP contribution in [0.3, 0.4) is 0 Å². The number of aromatic nitrogens is 1. The first-order valence-electron chi connectivity index (χ1n) is 22.4. The summed E-state index contributed by atoms with van der Waals surface area (Å²) in [5.41, 5.74) is 11.5. The number of furan rings is 2. The molecule has 0 aliphatic carbocycles. The van der Waals surface area contributed by atoms with E-state index < -0.39 is 6.17 Å². The van der Waals surface area contributed by atoms with Crippen molar-refractivity contribution in [3.05, 3.63) is 223 Å². The highest BCUT2D eigenvalue weighted by Crippen LogP contribution is 2.42. The van der Waals surface area contributed by atoms with Gasteiger partial charge in [0, 0.05) is 44.9 Å². The highest BCUT2D eigenvalue weighted by Gasteiger charge is 2.31. The van der Waals surface area contributed by atoms with Crippen molar-refractivity contribution >= 4 is 98.9 Å². The lowest BCUT2D eigenvalue weighted by Crippen LogP contribution is -2.36. The van der Waals surface area contributed by atoms with Crippen molar-refractivity contribution in [1.29, 1.82) is 0 Å². The summed E-state index contributed by atoms with van der Waals surface area (Å²) < 4.78 is 16.0. The molecule has 1 unspecified atom stereocenters. The molecule has 0 radical (unpaired) electrons. The molecule has 0 fully saturated rings. The van der Waals surface area contributed by atoms with Crippen molar-refractivity contribution in [2.24, 2.45) is 9.98 Å². The molecule has 0 amide bonds. The molecule has 1 aliphatic heterocycles. The summed E-state index contributed by atoms with van der Waals surface area (Å²) in [6.45, 7) is 0. The third-order valence-corrected chi connectivity index (χ3v) is 13.6. The molecule has 1 aliphatic rings. The van der Waals surface area contributed by atoms with Gasteiger partial charge in [-0.2, -0.15) is 0 Å². The molecule has 310 valence electrons. The molecule has 0 N–H and O–H groups in total. The third-order valence-electron chi connectivity index (χ3n) is 13.6. The van der Waals surface area contributed by atoms with Crippen molar-refractivity contribution in [2.45, 2.75) is 6.17 Å². The quantitative estimate of drug-likeness (QED) is 0.173. The van der Waals surface area contributed by atoms with Crippen LogP contribution in [-0.4, -0.2) is 28.2 Å². The van der Waals surface area contributed by atoms with Crippen LogP contribution in [0.1, 0.15) is 22.9 Å². The molecular weight excluding hydrogens is 809 g/mol. The highest BCUT2D eigenvalue weighted by atomic mass is 16.3. The van der Waals surface area contributed by atoms with E-state index in [1.54, 1.807) is 0 Å². The molecule has 0 bridgehead atoms. The number of rotatable bonds is 5. The fraction of sp³-hybridized carbons (Fsp3) is 0.0333. The van der Waals surface area contributed by atoms with Gasteiger partial charge in [0.1, 0.15) is 34.3 Å². The molecule has 4 heterocycles. The number of para-hydroxylation sites is 3. The Morgan fingerprint density at radius 1 is 0.424 bits per heavy atom. The van der Waals surface area contributed by atoms with Gasteiger partial charge in [-0.05, 0) is 92.8 Å². The predicted molar refractivity (Wildman–Crippen MR) is 272 cm³/mol. The van der Waals surface area contributed by atoms with E-state index in [0.29, 0.717) is 5.84 Å². The second-order valence-corrected chi connectivity index (χ2v) is 17.4. The number of nitrogens with zero attached hydrogens (tertiary/aromatic N) is 4. The molecule has 10 aromatic carbocycles. The van der Waals surface area contributed by atoms with Crippen LogP contribution in [0, 0.1) is 0 Å². The minimum Gasteiger partial charge on any atom is -0.456 e. The summed E-state index contributed by atoms with van der Waals surface area (Å²) in [6.07, 6.45) is -0.427. The Labute approximate surface area is 378 Å². The van der Waals surface area contributed by atoms with Crippen molar-refractivity contribution in [2.75, 3.05) is 7.05 Å². The number of benzene rings is 10. The summed E-state index contributed by atoms with van der Waals surface area (Å²) in [5.74, 6) is 1.36. The summed E-state index contributed by atoms with van der Waals surface area (Å²) in [4.78, 5) is 13.4. The fourth-order valence-corrected chi connectivity index (χ4v) is 10.4. The molecule has 0 spiro atoms. The lowest BCUT2D eigenvalue weighted by molar-refractivity contribution is 0.383. The van der Waals surface area contributed by atoms with Crippen LogP contribution in [0.5, 0.6) is 0 Å². The Kier molecular flexibility index (Phi) is 7.86. The van der Waals surface area contributed by atoms with Crippen molar-refractivity contribution < 1.29 is 8.83 Å². The number of amidine groups is 2. The van der Waals surface area contributed by atoms with Gasteiger partial charge in [-0.1, -0.05) is 152 Å². The molecular formula is C60H38N4O2. The zero-order valence-corrected chi connectivity index (χ0v) is 35.8. The fourth-order valence-electron chi connectivity index (χ4n) is 10.4. The van der Waals surface area contributed by atoms with Gasteiger partial charge in [-0.25, -0.2) is 9.98 Å². The first-order valence-corrected chi connectivity index (χ1v) is 22.4. The van der Waals surface area contributed by atoms with Crippen molar-refractivity contribution in [1.82, 2.24) is 9.47 Å². The van der Waals surface area contributed by atoms with Gasteiger partial charge in [0.05, 0.1) is 22.3 Å². The highest BCUT2D eigenvalue weighted by molar-refractivity contribution is 6.22. The van der Waals surface area contributed by atoms with E-state index in [0.717, 1.165) is 94.1 Å². The van der Waals surface area contributed by atoms with E-state index in [4.69, 9.17) is 18.8 Å². The Hall–Kier alpha value is -8.74. The van der Waals surface area contributed by atoms with E-state index in [2.05, 4.69) is 211 Å². The Balaban J connectivity index is 1.07. The second-order valence-electron chi connectivity index (χ2n) is 17.4. The molecule has 0 saturated heterocycles. The molecule has 66 heavy (non-hydrogen) atoms. The SMILES string of the molecule is CN1C(c2cc3oc4cc5ccccc5cc4c3cc2-n2c3ccccc3c3cc4ccccc4cc32)=NC(c2cccc3c2oc2ccccc23)=NC1c1ccc(-c2ccccc2)cc1. The average Bonchev–Trinajstić information content (AvgIpc) is 4.03. The molecule has 0 saturated carbocycles. The minimum atomic E-state index is -0.427. The average molecular weight is 847 g/mol. The Morgan fingerprint density at radius 2 is 1.05 bits per heavy atom. The predicted octanol–water partition coefficient (Wildman–Crippen LogP) is 15.4. The van der Waals surface area contributed by atoms with E-state index in [1.165, 1.54) is 32.5 Å². The van der Waals surface area contributed by atoms with Crippen molar-refractivity contribution in [3.63, 3.8) is 0 Å². The molecule has 6 nitrogen and oxygen atoms in total. The maximum Gasteiger partial charge on any atom is 0.163 e. The molecule has 1 atom stereocenters. The topological polar surface area (TPSA) is 59.2 Å². The van der Waals surface area contributed by atoms with E-state index >= 15 is 0 Å². The van der Waals surface area contributed by atoms with Crippen LogP contribution in [0.25, 0.3) is 104 Å².